The van der Waals surface area contributed by atoms with Gasteiger partial charge in [-0.2, -0.15) is 0 Å². The first-order valence-electron chi connectivity index (χ1n) is 18.8. The summed E-state index contributed by atoms with van der Waals surface area (Å²) in [5.41, 5.74) is 1.58. The first kappa shape index (κ1) is 36.2. The second-order valence-electron chi connectivity index (χ2n) is 15.4. The third kappa shape index (κ3) is 7.49. The highest BCUT2D eigenvalue weighted by molar-refractivity contribution is 7.91. The molecule has 3 aliphatic heterocycles. The first-order valence-corrected chi connectivity index (χ1v) is 20.4. The molecular weight excluding hydrogens is 687 g/mol. The highest BCUT2D eigenvalue weighted by Gasteiger charge is 2.62. The molecule has 6 aliphatic rings. The molecule has 5 atom stereocenters. The molecule has 5 amide bonds. The number of nitrogens with zero attached hydrogens (tertiary/aromatic N) is 2. The van der Waals surface area contributed by atoms with Crippen molar-refractivity contribution >= 4 is 45.8 Å². The van der Waals surface area contributed by atoms with Crippen LogP contribution in [-0.4, -0.2) is 83.5 Å². The monoisotopic (exact) mass is 735 g/mol. The lowest BCUT2D eigenvalue weighted by Gasteiger charge is -2.32. The predicted octanol–water partition coefficient (Wildman–Crippen LogP) is 3.43. The second kappa shape index (κ2) is 14.7. The molecule has 0 spiro atoms. The van der Waals surface area contributed by atoms with Gasteiger partial charge in [-0.1, -0.05) is 55.7 Å². The van der Waals surface area contributed by atoms with Gasteiger partial charge in [-0.15, -0.1) is 6.58 Å². The molecule has 1 saturated heterocycles. The number of nitrogens with one attached hydrogen (secondary N) is 3. The van der Waals surface area contributed by atoms with Gasteiger partial charge in [0.2, 0.25) is 27.7 Å². The molecule has 4 bridgehead atoms. The van der Waals surface area contributed by atoms with Gasteiger partial charge in [-0.3, -0.25) is 28.8 Å². The molecule has 3 heterocycles. The highest BCUT2D eigenvalue weighted by Crippen LogP contribution is 2.45. The number of carbonyl (C=O) groups excluding carboxylic acids is 5. The lowest BCUT2D eigenvalue weighted by molar-refractivity contribution is -0.143. The van der Waals surface area contributed by atoms with Crippen molar-refractivity contribution in [3.63, 3.8) is 0 Å². The van der Waals surface area contributed by atoms with Crippen molar-refractivity contribution in [3.05, 3.63) is 53.6 Å². The normalized spacial score (nSPS) is 30.7. The molecule has 1 aromatic rings. The molecule has 52 heavy (non-hydrogen) atoms. The Morgan fingerprint density at radius 2 is 1.81 bits per heavy atom. The Balaban J connectivity index is 1.15. The Bertz CT molecular complexity index is 1770. The van der Waals surface area contributed by atoms with Gasteiger partial charge in [0.15, 0.2) is 0 Å². The zero-order valence-corrected chi connectivity index (χ0v) is 30.3. The number of benzene rings is 1. The molecule has 13 nitrogen and oxygen atoms in total. The summed E-state index contributed by atoms with van der Waals surface area (Å²) >= 11 is 0. The van der Waals surface area contributed by atoms with Crippen molar-refractivity contribution in [3.8, 4) is 0 Å². The average molecular weight is 736 g/mol. The third-order valence-electron chi connectivity index (χ3n) is 11.7. The fraction of sp³-hybridized carbons (Fsp3) is 0.605. The van der Waals surface area contributed by atoms with E-state index < -0.39 is 68.7 Å². The summed E-state index contributed by atoms with van der Waals surface area (Å²) in [5, 5.41) is 5.17. The fourth-order valence-electron chi connectivity index (χ4n) is 8.38. The van der Waals surface area contributed by atoms with Gasteiger partial charge >= 0.3 is 6.09 Å². The van der Waals surface area contributed by atoms with Gasteiger partial charge < -0.3 is 20.3 Å². The maximum absolute atomic E-state index is 14.5. The van der Waals surface area contributed by atoms with Gasteiger partial charge in [0.1, 0.15) is 23.7 Å². The molecule has 0 unspecified atom stereocenters. The molecule has 14 heteroatoms. The number of fused-ring (bicyclic) bond motifs is 3. The van der Waals surface area contributed by atoms with E-state index in [1.165, 1.54) is 11.0 Å². The molecule has 4 fully saturated rings. The Hall–Kier alpha value is -4.20. The SMILES string of the molecule is C=C[C@@H]1C[C@@]1(NC(=O)[C@@H]1C[C@@H]2CN1C(=O)[C@H](C1CCCC1)NC(=O)CCCCC/C=C\c1cccc3c1CN(C3)C(=O)O2)C(=O)NS(=O)(=O)C1CC1. The van der Waals surface area contributed by atoms with Crippen LogP contribution in [0.3, 0.4) is 0 Å². The standard InChI is InChI=1S/C38H49N5O8S/c1-2-27-20-38(27,36(47)41-52(49,50)29-17-18-29)40-34(45)31-19-28-22-43(31)35(46)33(25-12-8-9-13-25)39-32(44)16-7-5-3-4-6-11-24-14-10-15-26-21-42(23-30(24)26)37(48)51-28/h2,6,10-11,14-15,25,27-29,31,33H,1,3-5,7-9,12-13,16-23H2,(H,39,44)(H,40,45)(H,41,47)/b11-6-/t27-,28-,31+,33+,38+/m1/s1. The Morgan fingerprint density at radius 3 is 2.54 bits per heavy atom. The van der Waals surface area contributed by atoms with Crippen molar-refractivity contribution < 1.29 is 37.1 Å². The number of allylic oxidation sites excluding steroid dienone is 1. The lowest BCUT2D eigenvalue weighted by atomic mass is 9.96. The number of hydrogen-bond donors (Lipinski definition) is 3. The topological polar surface area (TPSA) is 171 Å². The molecule has 7 rings (SSSR count). The number of rotatable bonds is 7. The van der Waals surface area contributed by atoms with Crippen LogP contribution in [0.1, 0.15) is 100 Å². The van der Waals surface area contributed by atoms with Crippen molar-refractivity contribution in [2.24, 2.45) is 11.8 Å². The van der Waals surface area contributed by atoms with Gasteiger partial charge in [0.25, 0.3) is 5.91 Å². The Labute approximate surface area is 305 Å². The van der Waals surface area contributed by atoms with E-state index in [-0.39, 0.29) is 37.6 Å². The molecule has 280 valence electrons. The first-order chi connectivity index (χ1) is 25.0. The average Bonchev–Trinajstić information content (AvgIpc) is 3.90. The quantitative estimate of drug-likeness (QED) is 0.358. The Kier molecular flexibility index (Phi) is 10.2. The molecule has 3 saturated carbocycles. The second-order valence-corrected chi connectivity index (χ2v) is 17.3. The summed E-state index contributed by atoms with van der Waals surface area (Å²) < 4.78 is 33.5. The maximum atomic E-state index is 14.5. The van der Waals surface area contributed by atoms with E-state index in [1.807, 2.05) is 18.2 Å². The van der Waals surface area contributed by atoms with Crippen LogP contribution in [0.25, 0.3) is 6.08 Å². The van der Waals surface area contributed by atoms with Crippen LogP contribution in [0.5, 0.6) is 0 Å². The van der Waals surface area contributed by atoms with E-state index in [4.69, 9.17) is 4.74 Å². The molecule has 0 aromatic heterocycles. The zero-order valence-electron chi connectivity index (χ0n) is 29.5. The number of ether oxygens (including phenoxy) is 1. The van der Waals surface area contributed by atoms with Crippen LogP contribution in [0.15, 0.2) is 36.9 Å². The van der Waals surface area contributed by atoms with E-state index in [1.54, 1.807) is 4.90 Å². The van der Waals surface area contributed by atoms with Crippen molar-refractivity contribution in [2.45, 2.75) is 126 Å². The minimum atomic E-state index is -3.89. The fourth-order valence-corrected chi connectivity index (χ4v) is 9.74. The molecule has 3 aliphatic carbocycles. The van der Waals surface area contributed by atoms with Crippen molar-refractivity contribution in [1.29, 1.82) is 0 Å². The lowest BCUT2D eigenvalue weighted by Crippen LogP contribution is -2.59. The molecule has 1 aromatic carbocycles. The van der Waals surface area contributed by atoms with Crippen molar-refractivity contribution in [2.75, 3.05) is 6.54 Å². The van der Waals surface area contributed by atoms with Crippen molar-refractivity contribution in [1.82, 2.24) is 25.2 Å². The van der Waals surface area contributed by atoms with E-state index in [9.17, 15) is 32.4 Å². The van der Waals surface area contributed by atoms with E-state index in [0.717, 1.165) is 61.6 Å². The molecule has 3 N–H and O–H groups in total. The Morgan fingerprint density at radius 1 is 1.02 bits per heavy atom. The predicted molar refractivity (Wildman–Crippen MR) is 191 cm³/mol. The van der Waals surface area contributed by atoms with E-state index in [2.05, 4.69) is 34.1 Å². The summed E-state index contributed by atoms with van der Waals surface area (Å²) in [6, 6.07) is 3.99. The summed E-state index contributed by atoms with van der Waals surface area (Å²) in [5.74, 6) is -2.76. The maximum Gasteiger partial charge on any atom is 0.410 e. The van der Waals surface area contributed by atoms with Gasteiger partial charge in [-0.05, 0) is 74.0 Å². The van der Waals surface area contributed by atoms with Gasteiger partial charge in [0.05, 0.1) is 18.3 Å². The molecule has 0 radical (unpaired) electrons. The van der Waals surface area contributed by atoms with Crippen LogP contribution in [-0.2, 0) is 47.0 Å². The van der Waals surface area contributed by atoms with Crippen LogP contribution < -0.4 is 15.4 Å². The minimum Gasteiger partial charge on any atom is -0.444 e. The zero-order chi connectivity index (χ0) is 36.6. The third-order valence-corrected chi connectivity index (χ3v) is 13.5. The molecular formula is C38H49N5O8S. The van der Waals surface area contributed by atoms with E-state index in [0.29, 0.717) is 32.4 Å². The van der Waals surface area contributed by atoms with Gasteiger partial charge in [0, 0.05) is 25.3 Å². The number of hydrogen-bond acceptors (Lipinski definition) is 8. The van der Waals surface area contributed by atoms with Gasteiger partial charge in [-0.25, -0.2) is 13.2 Å². The van der Waals surface area contributed by atoms with Crippen LogP contribution in [0.2, 0.25) is 0 Å². The van der Waals surface area contributed by atoms with Crippen LogP contribution >= 0.6 is 0 Å². The van der Waals surface area contributed by atoms with E-state index >= 15 is 0 Å². The minimum absolute atomic E-state index is 0.0275. The largest absolute Gasteiger partial charge is 0.444 e. The number of sulfonamides is 1. The number of amides is 5. The summed E-state index contributed by atoms with van der Waals surface area (Å²) in [6.45, 7) is 4.44. The summed E-state index contributed by atoms with van der Waals surface area (Å²) in [6.07, 6.45) is 12.3. The highest BCUT2D eigenvalue weighted by atomic mass is 32.2. The van der Waals surface area contributed by atoms with Crippen LogP contribution in [0, 0.1) is 11.8 Å². The smallest absolute Gasteiger partial charge is 0.410 e. The summed E-state index contributed by atoms with van der Waals surface area (Å²) in [7, 11) is -3.89. The van der Waals surface area contributed by atoms with Crippen LogP contribution in [0.4, 0.5) is 4.79 Å². The number of carbonyl (C=O) groups is 5. The summed E-state index contributed by atoms with van der Waals surface area (Å²) in [4.78, 5) is 72.1.